The lowest BCUT2D eigenvalue weighted by Crippen LogP contribution is -2.52. The number of ether oxygens (including phenoxy) is 1. The van der Waals surface area contributed by atoms with Crippen molar-refractivity contribution in [1.29, 1.82) is 0 Å². The second-order valence-corrected chi connectivity index (χ2v) is 12.1. The summed E-state index contributed by atoms with van der Waals surface area (Å²) in [5.74, 6) is -0.452. The standard InChI is InChI=1S/C24H31N5O5S/c1-14-16-10-15(35(7,32)33)8-9-17(16)28-20(14)18-11-25-12-19(27-18)21(30)26-13-24(5,6)29-22(31)34-23(2,3)4/h8-12,28H,13H2,1-7H3,(H,26,30)(H,29,31). The number of hydrogen-bond donors (Lipinski definition) is 3. The Balaban J connectivity index is 1.78. The molecule has 0 saturated heterocycles. The molecule has 0 atom stereocenters. The van der Waals surface area contributed by atoms with Crippen LogP contribution < -0.4 is 10.6 Å². The van der Waals surface area contributed by atoms with Gasteiger partial charge in [-0.2, -0.15) is 0 Å². The minimum absolute atomic E-state index is 0.102. The third-order valence-electron chi connectivity index (χ3n) is 5.11. The van der Waals surface area contributed by atoms with Crippen LogP contribution in [0.1, 0.15) is 50.7 Å². The predicted octanol–water partition coefficient (Wildman–Crippen LogP) is 3.37. The minimum atomic E-state index is -3.35. The van der Waals surface area contributed by atoms with Crippen LogP contribution in [0.15, 0.2) is 35.5 Å². The number of H-pyrrole nitrogens is 1. The van der Waals surface area contributed by atoms with Gasteiger partial charge in [0.1, 0.15) is 17.0 Å². The highest BCUT2D eigenvalue weighted by atomic mass is 32.2. The van der Waals surface area contributed by atoms with Crippen LogP contribution in [0, 0.1) is 6.92 Å². The summed E-state index contributed by atoms with van der Waals surface area (Å²) in [4.78, 5) is 36.9. The first-order chi connectivity index (χ1) is 16.1. The van der Waals surface area contributed by atoms with E-state index in [-0.39, 0.29) is 17.1 Å². The lowest BCUT2D eigenvalue weighted by molar-refractivity contribution is 0.0469. The molecular formula is C24H31N5O5S. The van der Waals surface area contributed by atoms with E-state index in [0.717, 1.165) is 22.7 Å². The maximum atomic E-state index is 12.8. The highest BCUT2D eigenvalue weighted by Crippen LogP contribution is 2.30. The Morgan fingerprint density at radius 1 is 1.11 bits per heavy atom. The van der Waals surface area contributed by atoms with E-state index < -0.39 is 33.0 Å². The number of aromatic nitrogens is 3. The van der Waals surface area contributed by atoms with Crippen molar-refractivity contribution < 1.29 is 22.7 Å². The second kappa shape index (κ2) is 9.29. The summed E-state index contributed by atoms with van der Waals surface area (Å²) in [6.45, 7) is 10.8. The first-order valence-corrected chi connectivity index (χ1v) is 12.9. The maximum absolute atomic E-state index is 12.8. The SMILES string of the molecule is Cc1c(-c2cncc(C(=O)NCC(C)(C)NC(=O)OC(C)(C)C)n2)[nH]c2ccc(S(C)(=O)=O)cc12. The lowest BCUT2D eigenvalue weighted by atomic mass is 10.1. The summed E-state index contributed by atoms with van der Waals surface area (Å²) < 4.78 is 29.1. The molecule has 0 spiro atoms. The number of alkyl carbamates (subject to hydrolysis) is 1. The Morgan fingerprint density at radius 2 is 1.80 bits per heavy atom. The fourth-order valence-corrected chi connectivity index (χ4v) is 4.05. The van der Waals surface area contributed by atoms with Crippen molar-refractivity contribution in [2.45, 2.75) is 57.6 Å². The number of aryl methyl sites for hydroxylation is 1. The number of carbonyl (C=O) groups excluding carboxylic acids is 2. The quantitative estimate of drug-likeness (QED) is 0.470. The Hall–Kier alpha value is -3.47. The van der Waals surface area contributed by atoms with Gasteiger partial charge < -0.3 is 20.4 Å². The van der Waals surface area contributed by atoms with Crippen LogP contribution in [-0.2, 0) is 14.6 Å². The fraction of sp³-hybridized carbons (Fsp3) is 0.417. The molecule has 0 aliphatic heterocycles. The molecule has 1 aromatic carbocycles. The van der Waals surface area contributed by atoms with Gasteiger partial charge >= 0.3 is 6.09 Å². The Kier molecular flexibility index (Phi) is 6.94. The molecule has 188 valence electrons. The molecule has 0 aliphatic carbocycles. The number of hydrogen-bond acceptors (Lipinski definition) is 7. The van der Waals surface area contributed by atoms with Gasteiger partial charge in [-0.15, -0.1) is 0 Å². The van der Waals surface area contributed by atoms with Crippen molar-refractivity contribution in [1.82, 2.24) is 25.6 Å². The van der Waals surface area contributed by atoms with Gasteiger partial charge in [-0.3, -0.25) is 9.78 Å². The largest absolute Gasteiger partial charge is 0.444 e. The number of sulfone groups is 1. The van der Waals surface area contributed by atoms with Crippen LogP contribution in [0.2, 0.25) is 0 Å². The zero-order valence-corrected chi connectivity index (χ0v) is 21.8. The summed E-state index contributed by atoms with van der Waals surface area (Å²) in [6, 6.07) is 4.86. The normalized spacial score (nSPS) is 12.4. The number of carbonyl (C=O) groups is 2. The van der Waals surface area contributed by atoms with Gasteiger partial charge in [0, 0.05) is 23.7 Å². The number of nitrogens with one attached hydrogen (secondary N) is 3. The van der Waals surface area contributed by atoms with Gasteiger partial charge in [0.05, 0.1) is 28.5 Å². The molecule has 2 heterocycles. The number of aromatic amines is 1. The number of amides is 2. The molecule has 0 bridgehead atoms. The summed E-state index contributed by atoms with van der Waals surface area (Å²) in [5, 5.41) is 6.24. The van der Waals surface area contributed by atoms with Crippen LogP contribution >= 0.6 is 0 Å². The monoisotopic (exact) mass is 501 g/mol. The summed E-state index contributed by atoms with van der Waals surface area (Å²) in [7, 11) is -3.35. The first-order valence-electron chi connectivity index (χ1n) is 11.0. The average molecular weight is 502 g/mol. The molecule has 0 radical (unpaired) electrons. The molecule has 3 N–H and O–H groups in total. The van der Waals surface area contributed by atoms with E-state index >= 15 is 0 Å². The van der Waals surface area contributed by atoms with E-state index in [9.17, 15) is 18.0 Å². The van der Waals surface area contributed by atoms with E-state index in [0.29, 0.717) is 11.4 Å². The highest BCUT2D eigenvalue weighted by Gasteiger charge is 2.25. The van der Waals surface area contributed by atoms with Gasteiger partial charge in [-0.1, -0.05) is 0 Å². The molecule has 0 fully saturated rings. The summed E-state index contributed by atoms with van der Waals surface area (Å²) in [5.41, 5.74) is 1.32. The van der Waals surface area contributed by atoms with Crippen LogP contribution in [0.5, 0.6) is 0 Å². The van der Waals surface area contributed by atoms with E-state index in [2.05, 4.69) is 25.6 Å². The second-order valence-electron chi connectivity index (χ2n) is 10.1. The Bertz CT molecular complexity index is 1390. The Morgan fingerprint density at radius 3 is 2.43 bits per heavy atom. The molecule has 2 amide bonds. The number of fused-ring (bicyclic) bond motifs is 1. The van der Waals surface area contributed by atoms with Gasteiger partial charge in [0.2, 0.25) is 0 Å². The van der Waals surface area contributed by atoms with Crippen molar-refractivity contribution in [2.24, 2.45) is 0 Å². The first kappa shape index (κ1) is 26.1. The van der Waals surface area contributed by atoms with Crippen LogP contribution in [-0.4, -0.2) is 59.3 Å². The third-order valence-corrected chi connectivity index (χ3v) is 6.22. The average Bonchev–Trinajstić information content (AvgIpc) is 3.06. The van der Waals surface area contributed by atoms with E-state index in [4.69, 9.17) is 4.74 Å². The zero-order valence-electron chi connectivity index (χ0n) is 20.9. The number of nitrogens with zero attached hydrogens (tertiary/aromatic N) is 2. The van der Waals surface area contributed by atoms with E-state index in [1.165, 1.54) is 12.4 Å². The molecule has 3 aromatic rings. The number of benzene rings is 1. The lowest BCUT2D eigenvalue weighted by Gasteiger charge is -2.28. The van der Waals surface area contributed by atoms with Crippen LogP contribution in [0.3, 0.4) is 0 Å². The van der Waals surface area contributed by atoms with Crippen molar-refractivity contribution in [3.63, 3.8) is 0 Å². The van der Waals surface area contributed by atoms with Crippen LogP contribution in [0.4, 0.5) is 4.79 Å². The van der Waals surface area contributed by atoms with Crippen LogP contribution in [0.25, 0.3) is 22.3 Å². The van der Waals surface area contributed by atoms with E-state index in [1.54, 1.807) is 52.8 Å². The predicted molar refractivity (Wildman–Crippen MR) is 133 cm³/mol. The topological polar surface area (TPSA) is 143 Å². The van der Waals surface area contributed by atoms with Gasteiger partial charge in [-0.25, -0.2) is 18.2 Å². The van der Waals surface area contributed by atoms with E-state index in [1.807, 2.05) is 6.92 Å². The van der Waals surface area contributed by atoms with Gasteiger partial charge in [-0.05, 0) is 65.3 Å². The third kappa shape index (κ3) is 6.56. The minimum Gasteiger partial charge on any atom is -0.444 e. The van der Waals surface area contributed by atoms with Crippen molar-refractivity contribution in [3.8, 4) is 11.4 Å². The maximum Gasteiger partial charge on any atom is 0.408 e. The highest BCUT2D eigenvalue weighted by molar-refractivity contribution is 7.90. The van der Waals surface area contributed by atoms with Gasteiger partial charge in [0.25, 0.3) is 5.91 Å². The molecule has 0 aliphatic rings. The number of rotatable bonds is 6. The smallest absolute Gasteiger partial charge is 0.408 e. The summed E-state index contributed by atoms with van der Waals surface area (Å²) in [6.07, 6.45) is 3.47. The van der Waals surface area contributed by atoms with Gasteiger partial charge in [0.15, 0.2) is 9.84 Å². The van der Waals surface area contributed by atoms with Crippen molar-refractivity contribution in [2.75, 3.05) is 12.8 Å². The Labute approximate surface area is 204 Å². The molecule has 35 heavy (non-hydrogen) atoms. The molecular weight excluding hydrogens is 470 g/mol. The fourth-order valence-electron chi connectivity index (χ4n) is 3.40. The molecule has 0 unspecified atom stereocenters. The molecule has 11 heteroatoms. The molecule has 3 rings (SSSR count). The molecule has 10 nitrogen and oxygen atoms in total. The zero-order chi connectivity index (χ0) is 26.2. The molecule has 0 saturated carbocycles. The molecule has 2 aromatic heterocycles. The van der Waals surface area contributed by atoms with Crippen molar-refractivity contribution in [3.05, 3.63) is 41.9 Å². The summed E-state index contributed by atoms with van der Waals surface area (Å²) >= 11 is 0. The van der Waals surface area contributed by atoms with Crippen molar-refractivity contribution >= 4 is 32.7 Å².